The molecule has 1 saturated heterocycles. The second-order valence-corrected chi connectivity index (χ2v) is 6.90. The predicted molar refractivity (Wildman–Crippen MR) is 106 cm³/mol. The van der Waals surface area contributed by atoms with Crippen LogP contribution in [0.15, 0.2) is 24.3 Å². The minimum Gasteiger partial charge on any atom is -0.378 e. The summed E-state index contributed by atoms with van der Waals surface area (Å²) in [4.78, 5) is 2.24. The van der Waals surface area contributed by atoms with Gasteiger partial charge in [-0.05, 0) is 29.9 Å². The molecule has 1 aromatic carbocycles. The Hall–Kier alpha value is -3.40. The Labute approximate surface area is 166 Å². The number of ether oxygens (including phenoxy) is 1. The van der Waals surface area contributed by atoms with E-state index in [1.807, 2.05) is 24.3 Å². The van der Waals surface area contributed by atoms with Gasteiger partial charge in [-0.15, -0.1) is 5.10 Å². The van der Waals surface area contributed by atoms with Crippen molar-refractivity contribution in [3.8, 4) is 23.3 Å². The van der Waals surface area contributed by atoms with Crippen LogP contribution in [0.2, 0.25) is 0 Å². The maximum Gasteiger partial charge on any atom is 0.323 e. The van der Waals surface area contributed by atoms with Gasteiger partial charge in [-0.1, -0.05) is 16.6 Å². The van der Waals surface area contributed by atoms with Crippen molar-refractivity contribution in [2.24, 2.45) is 7.05 Å². The van der Waals surface area contributed by atoms with Crippen LogP contribution in [-0.4, -0.2) is 35.9 Å². The van der Waals surface area contributed by atoms with Crippen molar-refractivity contribution >= 4 is 29.4 Å². The Morgan fingerprint density at radius 2 is 1.79 bits per heavy atom. The Morgan fingerprint density at radius 1 is 1.14 bits per heavy atom. The lowest BCUT2D eigenvalue weighted by atomic mass is 9.96. The number of nitrogens with zero attached hydrogens (tertiary/aromatic N) is 5. The number of morpholine rings is 1. The molecule has 28 heavy (non-hydrogen) atoms. The number of aromatic nitrogens is 3. The maximum absolute atomic E-state index is 9.88. The standard InChI is InChI=1S/C19H17N7OS/c1-24-18-15(11-21)16(14(10-20)17(22)26(18)23-19(24)28)12-2-4-13(5-3-12)25-6-8-27-9-7-25/h2-5,22H,6-9H2,1H3,(H,23,28)/p+1. The molecular weight excluding hydrogens is 374 g/mol. The average Bonchev–Trinajstić information content (AvgIpc) is 3.04. The summed E-state index contributed by atoms with van der Waals surface area (Å²) in [6, 6.07) is 12.2. The van der Waals surface area contributed by atoms with Crippen LogP contribution in [-0.2, 0) is 11.8 Å². The van der Waals surface area contributed by atoms with Gasteiger partial charge >= 0.3 is 4.77 Å². The van der Waals surface area contributed by atoms with Crippen LogP contribution in [0.4, 0.5) is 11.5 Å². The van der Waals surface area contributed by atoms with Crippen LogP contribution >= 0.6 is 12.2 Å². The van der Waals surface area contributed by atoms with E-state index < -0.39 is 0 Å². The maximum atomic E-state index is 9.88. The highest BCUT2D eigenvalue weighted by atomic mass is 32.1. The molecule has 0 atom stereocenters. The molecule has 0 radical (unpaired) electrons. The van der Waals surface area contributed by atoms with Gasteiger partial charge in [0.15, 0.2) is 0 Å². The Bertz CT molecular complexity index is 1210. The molecule has 3 aromatic rings. The lowest BCUT2D eigenvalue weighted by Gasteiger charge is -2.29. The summed E-state index contributed by atoms with van der Waals surface area (Å²) in [6.45, 7) is 3.08. The largest absolute Gasteiger partial charge is 0.378 e. The number of H-pyrrole nitrogens is 1. The fourth-order valence-corrected chi connectivity index (χ4v) is 3.75. The molecule has 0 aliphatic carbocycles. The fraction of sp³-hybridized carbons (Fsp3) is 0.263. The number of nitrogens with two attached hydrogens (primary N) is 1. The van der Waals surface area contributed by atoms with Crippen molar-refractivity contribution in [1.82, 2.24) is 9.61 Å². The van der Waals surface area contributed by atoms with E-state index in [1.165, 1.54) is 4.52 Å². The van der Waals surface area contributed by atoms with E-state index in [0.29, 0.717) is 34.8 Å². The summed E-state index contributed by atoms with van der Waals surface area (Å²) < 4.78 is 8.98. The van der Waals surface area contributed by atoms with E-state index in [2.05, 4.69) is 22.1 Å². The van der Waals surface area contributed by atoms with Gasteiger partial charge in [0, 0.05) is 24.3 Å². The minimum atomic E-state index is 0.218. The van der Waals surface area contributed by atoms with Gasteiger partial charge in [0.2, 0.25) is 5.82 Å². The van der Waals surface area contributed by atoms with E-state index >= 15 is 0 Å². The lowest BCUT2D eigenvalue weighted by molar-refractivity contribution is -0.652. The first-order chi connectivity index (χ1) is 13.6. The van der Waals surface area contributed by atoms with Crippen molar-refractivity contribution < 1.29 is 9.30 Å². The molecular formula is C19H18N7OS+. The van der Waals surface area contributed by atoms with Crippen molar-refractivity contribution in [2.45, 2.75) is 0 Å². The number of rotatable bonds is 2. The number of nitriles is 2. The molecule has 4 rings (SSSR count). The van der Waals surface area contributed by atoms with E-state index in [1.54, 1.807) is 11.6 Å². The molecule has 3 heterocycles. The molecule has 140 valence electrons. The average molecular weight is 392 g/mol. The summed E-state index contributed by atoms with van der Waals surface area (Å²) in [5.74, 6) is 0.218. The zero-order valence-electron chi connectivity index (χ0n) is 15.3. The molecule has 9 heteroatoms. The number of aromatic amines is 1. The Morgan fingerprint density at radius 3 is 2.39 bits per heavy atom. The third-order valence-electron chi connectivity index (χ3n) is 5.02. The number of pyridine rings is 1. The number of nitrogens with one attached hydrogen (secondary N) is 1. The third-order valence-corrected chi connectivity index (χ3v) is 5.38. The summed E-state index contributed by atoms with van der Waals surface area (Å²) in [7, 11) is 1.76. The molecule has 0 spiro atoms. The Kier molecular flexibility index (Phi) is 4.47. The quantitative estimate of drug-likeness (QED) is 0.507. The number of aryl methyl sites for hydroxylation is 1. The summed E-state index contributed by atoms with van der Waals surface area (Å²) in [5.41, 5.74) is 9.70. The van der Waals surface area contributed by atoms with Crippen LogP contribution in [0.3, 0.4) is 0 Å². The van der Waals surface area contributed by atoms with Gasteiger partial charge in [-0.2, -0.15) is 10.5 Å². The van der Waals surface area contributed by atoms with Gasteiger partial charge in [-0.25, -0.2) is 4.57 Å². The first-order valence-electron chi connectivity index (χ1n) is 8.76. The minimum absolute atomic E-state index is 0.218. The number of fused-ring (bicyclic) bond motifs is 1. The molecule has 0 amide bonds. The number of hydrogen-bond donors (Lipinski definition) is 2. The molecule has 1 aliphatic heterocycles. The molecule has 0 unspecified atom stereocenters. The van der Waals surface area contributed by atoms with Crippen molar-refractivity contribution in [3.05, 3.63) is 40.2 Å². The molecule has 0 saturated carbocycles. The van der Waals surface area contributed by atoms with E-state index in [-0.39, 0.29) is 11.4 Å². The second-order valence-electron chi connectivity index (χ2n) is 6.52. The first kappa shape index (κ1) is 18.0. The van der Waals surface area contributed by atoms with Crippen molar-refractivity contribution in [1.29, 1.82) is 10.5 Å². The molecule has 1 aliphatic rings. The predicted octanol–water partition coefficient (Wildman–Crippen LogP) is 1.65. The van der Waals surface area contributed by atoms with Crippen molar-refractivity contribution in [2.75, 3.05) is 36.9 Å². The van der Waals surface area contributed by atoms with Crippen LogP contribution < -0.4 is 15.2 Å². The van der Waals surface area contributed by atoms with Crippen LogP contribution in [0.5, 0.6) is 0 Å². The smallest absolute Gasteiger partial charge is 0.323 e. The highest BCUT2D eigenvalue weighted by Gasteiger charge is 2.27. The van der Waals surface area contributed by atoms with E-state index in [9.17, 15) is 10.5 Å². The summed E-state index contributed by atoms with van der Waals surface area (Å²) in [6.07, 6.45) is 0. The van der Waals surface area contributed by atoms with Crippen LogP contribution in [0.1, 0.15) is 11.1 Å². The molecule has 3 N–H and O–H groups in total. The zero-order chi connectivity index (χ0) is 19.8. The van der Waals surface area contributed by atoms with Crippen molar-refractivity contribution in [3.63, 3.8) is 0 Å². The van der Waals surface area contributed by atoms with Gasteiger partial charge in [-0.3, -0.25) is 0 Å². The highest BCUT2D eigenvalue weighted by Crippen LogP contribution is 2.33. The van der Waals surface area contributed by atoms with E-state index in [4.69, 9.17) is 22.7 Å². The summed E-state index contributed by atoms with van der Waals surface area (Å²) in [5, 5.41) is 22.6. The third kappa shape index (κ3) is 2.69. The van der Waals surface area contributed by atoms with Gasteiger partial charge in [0.05, 0.1) is 20.3 Å². The van der Waals surface area contributed by atoms with Crippen LogP contribution in [0.25, 0.3) is 16.8 Å². The first-order valence-corrected chi connectivity index (χ1v) is 9.17. The van der Waals surface area contributed by atoms with Gasteiger partial charge in [0.1, 0.15) is 23.3 Å². The molecule has 2 aromatic heterocycles. The topological polar surface area (TPSA) is 110 Å². The van der Waals surface area contributed by atoms with E-state index in [0.717, 1.165) is 24.3 Å². The second kappa shape index (κ2) is 6.97. The SMILES string of the molecule is C[n+]1c(=S)[nH]n2c(N)c(C#N)c(-c3ccc(N4CCOCC4)cc3)c(C#N)c21. The van der Waals surface area contributed by atoms with Gasteiger partial charge in [0.25, 0.3) is 5.65 Å². The highest BCUT2D eigenvalue weighted by molar-refractivity contribution is 7.71. The number of anilines is 2. The molecule has 1 fully saturated rings. The van der Waals surface area contributed by atoms with Gasteiger partial charge < -0.3 is 15.4 Å². The monoisotopic (exact) mass is 392 g/mol. The number of hydrogen-bond acceptors (Lipinski definition) is 6. The lowest BCUT2D eigenvalue weighted by Crippen LogP contribution is -2.36. The fourth-order valence-electron chi connectivity index (χ4n) is 3.57. The van der Waals surface area contributed by atoms with Crippen LogP contribution in [0, 0.1) is 27.4 Å². The normalized spacial score (nSPS) is 14.0. The number of nitrogen functional groups attached to an aromatic ring is 1. The number of benzene rings is 1. The summed E-state index contributed by atoms with van der Waals surface area (Å²) >= 11 is 5.27. The molecule has 8 nitrogen and oxygen atoms in total. The Balaban J connectivity index is 1.93. The molecule has 0 bridgehead atoms. The zero-order valence-corrected chi connectivity index (χ0v) is 16.1.